The zero-order chi connectivity index (χ0) is 19.2. The number of pyridine rings is 1. The first kappa shape index (κ1) is 19.2. The number of alkyl halides is 1. The Labute approximate surface area is 160 Å². The summed E-state index contributed by atoms with van der Waals surface area (Å²) in [5, 5.41) is 0.990. The number of rotatable bonds is 8. The molecule has 0 aliphatic heterocycles. The molecule has 0 saturated heterocycles. The molecule has 4 heteroatoms. The van der Waals surface area contributed by atoms with Gasteiger partial charge in [0.05, 0.1) is 5.69 Å². The zero-order valence-corrected chi connectivity index (χ0v) is 16.3. The summed E-state index contributed by atoms with van der Waals surface area (Å²) >= 11 is 0. The molecule has 2 aromatic carbocycles. The second-order valence-corrected chi connectivity index (χ2v) is 6.55. The molecule has 0 fully saturated rings. The Morgan fingerprint density at radius 1 is 0.963 bits per heavy atom. The largest absolute Gasteiger partial charge is 0.485 e. The Morgan fingerprint density at radius 2 is 1.70 bits per heavy atom. The number of aromatic nitrogens is 1. The molecule has 3 nitrogen and oxygen atoms in total. The summed E-state index contributed by atoms with van der Waals surface area (Å²) in [6, 6.07) is 18.3. The van der Waals surface area contributed by atoms with E-state index in [2.05, 4.69) is 43.0 Å². The first-order valence-corrected chi connectivity index (χ1v) is 9.67. The molecular weight excluding hydrogens is 339 g/mol. The summed E-state index contributed by atoms with van der Waals surface area (Å²) in [5.41, 5.74) is 3.93. The van der Waals surface area contributed by atoms with Crippen LogP contribution in [0.3, 0.4) is 0 Å². The maximum atomic E-state index is 13.1. The van der Waals surface area contributed by atoms with Crippen LogP contribution in [0.5, 0.6) is 5.75 Å². The average Bonchev–Trinajstić information content (AvgIpc) is 2.73. The van der Waals surface area contributed by atoms with Gasteiger partial charge in [-0.25, -0.2) is 9.37 Å². The number of fused-ring (bicyclic) bond motifs is 1. The SMILES string of the molecule is CCC(CF)Oc1cccc2ccc(-c3ccc(N(CC)CC)cc3)nc12. The summed E-state index contributed by atoms with van der Waals surface area (Å²) in [4.78, 5) is 7.13. The van der Waals surface area contributed by atoms with Crippen molar-refractivity contribution < 1.29 is 9.13 Å². The lowest BCUT2D eigenvalue weighted by molar-refractivity contribution is 0.162. The molecule has 1 unspecified atom stereocenters. The van der Waals surface area contributed by atoms with E-state index in [0.29, 0.717) is 12.2 Å². The molecule has 142 valence electrons. The number of halogens is 1. The van der Waals surface area contributed by atoms with Gasteiger partial charge in [0.25, 0.3) is 0 Å². The lowest BCUT2D eigenvalue weighted by atomic mass is 10.1. The highest BCUT2D eigenvalue weighted by Crippen LogP contribution is 2.29. The molecular formula is C23H27FN2O. The molecule has 1 heterocycles. The first-order valence-electron chi connectivity index (χ1n) is 9.67. The Bertz CT molecular complexity index is 871. The van der Waals surface area contributed by atoms with Crippen LogP contribution in [-0.4, -0.2) is 30.9 Å². The summed E-state index contributed by atoms with van der Waals surface area (Å²) in [6.45, 7) is 7.70. The van der Waals surface area contributed by atoms with Gasteiger partial charge >= 0.3 is 0 Å². The number of ether oxygens (including phenoxy) is 1. The van der Waals surface area contributed by atoms with Crippen molar-refractivity contribution in [3.8, 4) is 17.0 Å². The van der Waals surface area contributed by atoms with Crippen LogP contribution in [0.15, 0.2) is 54.6 Å². The number of para-hydroxylation sites is 1. The molecule has 0 amide bonds. The molecule has 0 radical (unpaired) electrons. The summed E-state index contributed by atoms with van der Waals surface area (Å²) in [7, 11) is 0. The van der Waals surface area contributed by atoms with E-state index in [9.17, 15) is 4.39 Å². The molecule has 27 heavy (non-hydrogen) atoms. The third-order valence-corrected chi connectivity index (χ3v) is 4.90. The molecule has 0 saturated carbocycles. The van der Waals surface area contributed by atoms with E-state index in [1.165, 1.54) is 5.69 Å². The topological polar surface area (TPSA) is 25.4 Å². The molecule has 1 atom stereocenters. The minimum absolute atomic E-state index is 0.436. The maximum Gasteiger partial charge on any atom is 0.146 e. The molecule has 0 spiro atoms. The van der Waals surface area contributed by atoms with E-state index in [1.54, 1.807) is 0 Å². The van der Waals surface area contributed by atoms with Crippen molar-refractivity contribution in [3.63, 3.8) is 0 Å². The molecule has 0 aliphatic carbocycles. The molecule has 0 N–H and O–H groups in total. The second-order valence-electron chi connectivity index (χ2n) is 6.55. The Kier molecular flexibility index (Phi) is 6.28. The number of anilines is 1. The van der Waals surface area contributed by atoms with E-state index in [4.69, 9.17) is 9.72 Å². The van der Waals surface area contributed by atoms with Crippen LogP contribution < -0.4 is 9.64 Å². The highest BCUT2D eigenvalue weighted by atomic mass is 19.1. The van der Waals surface area contributed by atoms with E-state index in [1.807, 2.05) is 37.3 Å². The van der Waals surface area contributed by atoms with E-state index in [0.717, 1.165) is 35.2 Å². The summed E-state index contributed by atoms with van der Waals surface area (Å²) in [6.07, 6.45) is 0.189. The lowest BCUT2D eigenvalue weighted by Gasteiger charge is -2.21. The van der Waals surface area contributed by atoms with Gasteiger partial charge in [-0.1, -0.05) is 37.3 Å². The Balaban J connectivity index is 1.96. The van der Waals surface area contributed by atoms with E-state index < -0.39 is 12.8 Å². The molecule has 0 bridgehead atoms. The van der Waals surface area contributed by atoms with Crippen LogP contribution in [-0.2, 0) is 0 Å². The van der Waals surface area contributed by atoms with Crippen molar-refractivity contribution in [2.24, 2.45) is 0 Å². The van der Waals surface area contributed by atoms with Crippen LogP contribution >= 0.6 is 0 Å². The van der Waals surface area contributed by atoms with Gasteiger partial charge < -0.3 is 9.64 Å². The van der Waals surface area contributed by atoms with Crippen LogP contribution in [0.2, 0.25) is 0 Å². The zero-order valence-electron chi connectivity index (χ0n) is 16.3. The van der Waals surface area contributed by atoms with Gasteiger partial charge in [-0.2, -0.15) is 0 Å². The predicted molar refractivity (Wildman–Crippen MR) is 111 cm³/mol. The third-order valence-electron chi connectivity index (χ3n) is 4.90. The number of hydrogen-bond acceptors (Lipinski definition) is 3. The van der Waals surface area contributed by atoms with Crippen molar-refractivity contribution in [1.29, 1.82) is 0 Å². The Hall–Kier alpha value is -2.62. The lowest BCUT2D eigenvalue weighted by Crippen LogP contribution is -2.21. The second kappa shape index (κ2) is 8.85. The van der Waals surface area contributed by atoms with E-state index in [-0.39, 0.29) is 0 Å². The van der Waals surface area contributed by atoms with Crippen molar-refractivity contribution in [2.75, 3.05) is 24.7 Å². The van der Waals surface area contributed by atoms with E-state index >= 15 is 0 Å². The number of hydrogen-bond donors (Lipinski definition) is 0. The highest BCUT2D eigenvalue weighted by molar-refractivity contribution is 5.86. The van der Waals surface area contributed by atoms with Gasteiger partial charge in [0.1, 0.15) is 24.0 Å². The summed E-state index contributed by atoms with van der Waals surface area (Å²) < 4.78 is 19.0. The predicted octanol–water partition coefficient (Wildman–Crippen LogP) is 5.87. The molecule has 3 aromatic rings. The minimum atomic E-state index is -0.501. The fourth-order valence-corrected chi connectivity index (χ4v) is 3.21. The van der Waals surface area contributed by atoms with Crippen LogP contribution in [0.25, 0.3) is 22.2 Å². The van der Waals surface area contributed by atoms with Gasteiger partial charge in [-0.05, 0) is 44.5 Å². The normalized spacial score (nSPS) is 12.1. The minimum Gasteiger partial charge on any atom is -0.485 e. The van der Waals surface area contributed by atoms with Crippen LogP contribution in [0.4, 0.5) is 10.1 Å². The highest BCUT2D eigenvalue weighted by Gasteiger charge is 2.12. The molecule has 3 rings (SSSR count). The van der Waals surface area contributed by atoms with Crippen LogP contribution in [0, 0.1) is 0 Å². The van der Waals surface area contributed by atoms with Crippen molar-refractivity contribution in [1.82, 2.24) is 4.98 Å². The monoisotopic (exact) mass is 366 g/mol. The van der Waals surface area contributed by atoms with Gasteiger partial charge in [-0.3, -0.25) is 0 Å². The quantitative estimate of drug-likeness (QED) is 0.498. The molecule has 0 aliphatic rings. The van der Waals surface area contributed by atoms with Crippen LogP contribution in [0.1, 0.15) is 27.2 Å². The van der Waals surface area contributed by atoms with Gasteiger partial charge in [-0.15, -0.1) is 0 Å². The standard InChI is InChI=1S/C23H27FN2O/c1-4-20(16-24)27-22-9-7-8-18-12-15-21(25-23(18)22)17-10-13-19(14-11-17)26(5-2)6-3/h7-15,20H,4-6,16H2,1-3H3. The number of benzene rings is 2. The Morgan fingerprint density at radius 3 is 2.33 bits per heavy atom. The van der Waals surface area contributed by atoms with Gasteiger partial charge in [0.15, 0.2) is 0 Å². The summed E-state index contributed by atoms with van der Waals surface area (Å²) in [5.74, 6) is 0.638. The van der Waals surface area contributed by atoms with Gasteiger partial charge in [0.2, 0.25) is 0 Å². The van der Waals surface area contributed by atoms with Crippen molar-refractivity contribution >= 4 is 16.6 Å². The van der Waals surface area contributed by atoms with Gasteiger partial charge in [0, 0.05) is 29.7 Å². The van der Waals surface area contributed by atoms with Crippen molar-refractivity contribution in [2.45, 2.75) is 33.3 Å². The van der Waals surface area contributed by atoms with Crippen molar-refractivity contribution in [3.05, 3.63) is 54.6 Å². The average molecular weight is 366 g/mol. The smallest absolute Gasteiger partial charge is 0.146 e. The first-order chi connectivity index (χ1) is 13.2. The maximum absolute atomic E-state index is 13.1. The fourth-order valence-electron chi connectivity index (χ4n) is 3.21. The fraction of sp³-hybridized carbons (Fsp3) is 0.348. The molecule has 1 aromatic heterocycles. The number of nitrogens with zero attached hydrogens (tertiary/aromatic N) is 2. The third kappa shape index (κ3) is 4.21.